The molecule has 0 aliphatic carbocycles. The first-order valence-electron chi connectivity index (χ1n) is 7.03. The Labute approximate surface area is 130 Å². The van der Waals surface area contributed by atoms with Crippen molar-refractivity contribution in [2.75, 3.05) is 0 Å². The van der Waals surface area contributed by atoms with Crippen molar-refractivity contribution in [1.82, 2.24) is 0 Å². The molecule has 0 saturated heterocycles. The van der Waals surface area contributed by atoms with Gasteiger partial charge in [-0.15, -0.1) is 0 Å². The largest absolute Gasteiger partial charge is 0.152 e. The minimum Gasteiger partial charge on any atom is -0.152 e. The molecule has 0 radical (unpaired) electrons. The number of hydrogen-bond donors (Lipinski definition) is 0. The van der Waals surface area contributed by atoms with E-state index in [1.54, 1.807) is 0 Å². The summed E-state index contributed by atoms with van der Waals surface area (Å²) in [5.41, 5.74) is 8.67. The van der Waals surface area contributed by atoms with Crippen LogP contribution in [0.2, 0.25) is 0 Å². The Hall–Kier alpha value is -0.860. The SMILES string of the molecule is Cc1cc2cc(c1)CSCc1cc(C)cc(c1)CSC2. The van der Waals surface area contributed by atoms with Gasteiger partial charge in [0, 0.05) is 23.0 Å². The van der Waals surface area contributed by atoms with Crippen molar-refractivity contribution >= 4 is 23.5 Å². The van der Waals surface area contributed by atoms with Crippen LogP contribution in [0, 0.1) is 13.8 Å². The number of aryl methyl sites for hydroxylation is 2. The normalized spacial score (nSPS) is 15.3. The van der Waals surface area contributed by atoms with Gasteiger partial charge in [0.15, 0.2) is 0 Å². The van der Waals surface area contributed by atoms with Gasteiger partial charge in [-0.3, -0.25) is 0 Å². The van der Waals surface area contributed by atoms with E-state index >= 15 is 0 Å². The summed E-state index contributed by atoms with van der Waals surface area (Å²) in [6, 6.07) is 14.1. The van der Waals surface area contributed by atoms with Crippen LogP contribution in [0.4, 0.5) is 0 Å². The van der Waals surface area contributed by atoms with E-state index in [1.165, 1.54) is 33.4 Å². The topological polar surface area (TPSA) is 0 Å². The van der Waals surface area contributed by atoms with E-state index in [2.05, 4.69) is 50.2 Å². The first kappa shape index (κ1) is 14.1. The lowest BCUT2D eigenvalue weighted by Crippen LogP contribution is -1.93. The fraction of sp³-hybridized carbons (Fsp3) is 0.333. The van der Waals surface area contributed by atoms with Gasteiger partial charge in [-0.2, -0.15) is 23.5 Å². The molecule has 0 fully saturated rings. The minimum absolute atomic E-state index is 1.11. The molecule has 0 aromatic heterocycles. The second-order valence-electron chi connectivity index (χ2n) is 5.64. The van der Waals surface area contributed by atoms with E-state index in [0.717, 1.165) is 23.0 Å². The number of benzene rings is 2. The molecule has 0 unspecified atom stereocenters. The minimum atomic E-state index is 1.11. The lowest BCUT2D eigenvalue weighted by molar-refractivity contribution is 1.24. The monoisotopic (exact) mass is 300 g/mol. The third-order valence-corrected chi connectivity index (χ3v) is 5.62. The Morgan fingerprint density at radius 2 is 0.850 bits per heavy atom. The van der Waals surface area contributed by atoms with Crippen LogP contribution < -0.4 is 0 Å². The van der Waals surface area contributed by atoms with Crippen molar-refractivity contribution < 1.29 is 0 Å². The number of thioether (sulfide) groups is 2. The van der Waals surface area contributed by atoms with Crippen LogP contribution in [0.15, 0.2) is 36.4 Å². The van der Waals surface area contributed by atoms with E-state index < -0.39 is 0 Å². The lowest BCUT2D eigenvalue weighted by Gasteiger charge is -2.12. The summed E-state index contributed by atoms with van der Waals surface area (Å²) < 4.78 is 0. The van der Waals surface area contributed by atoms with Gasteiger partial charge in [0.05, 0.1) is 0 Å². The van der Waals surface area contributed by atoms with Crippen LogP contribution in [0.3, 0.4) is 0 Å². The first-order chi connectivity index (χ1) is 9.69. The molecule has 0 atom stereocenters. The predicted octanol–water partition coefficient (Wildman–Crippen LogP) is 5.48. The van der Waals surface area contributed by atoms with Gasteiger partial charge < -0.3 is 0 Å². The van der Waals surface area contributed by atoms with Crippen molar-refractivity contribution in [3.05, 3.63) is 69.8 Å². The molecule has 2 heteroatoms. The van der Waals surface area contributed by atoms with Crippen LogP contribution in [-0.4, -0.2) is 0 Å². The zero-order valence-corrected chi connectivity index (χ0v) is 13.7. The van der Waals surface area contributed by atoms with Crippen molar-refractivity contribution in [1.29, 1.82) is 0 Å². The Kier molecular flexibility index (Phi) is 4.42. The van der Waals surface area contributed by atoms with Gasteiger partial charge in [0.2, 0.25) is 0 Å². The smallest absolute Gasteiger partial charge is 0.0188 e. The maximum absolute atomic E-state index is 2.38. The molecular weight excluding hydrogens is 280 g/mol. The van der Waals surface area contributed by atoms with E-state index in [4.69, 9.17) is 0 Å². The number of fused-ring (bicyclic) bond motifs is 4. The van der Waals surface area contributed by atoms with Gasteiger partial charge >= 0.3 is 0 Å². The second kappa shape index (κ2) is 6.28. The van der Waals surface area contributed by atoms with Crippen LogP contribution in [0.1, 0.15) is 33.4 Å². The summed E-state index contributed by atoms with van der Waals surface area (Å²) in [6.45, 7) is 4.42. The summed E-state index contributed by atoms with van der Waals surface area (Å²) >= 11 is 4.04. The molecule has 2 aromatic rings. The van der Waals surface area contributed by atoms with Crippen LogP contribution in [-0.2, 0) is 23.0 Å². The van der Waals surface area contributed by atoms with E-state index in [-0.39, 0.29) is 0 Å². The average Bonchev–Trinajstić information content (AvgIpc) is 2.36. The molecule has 20 heavy (non-hydrogen) atoms. The number of rotatable bonds is 0. The standard InChI is InChI=1S/C18H20S2/c1-13-3-15-7-16(4-13)10-20-12-18-6-14(2)5-17(8-18)11-19-9-15/h3-8H,9-12H2,1-2H3. The maximum Gasteiger partial charge on any atom is 0.0188 e. The fourth-order valence-electron chi connectivity index (χ4n) is 2.80. The Morgan fingerprint density at radius 3 is 1.15 bits per heavy atom. The fourth-order valence-corrected chi connectivity index (χ4v) is 4.62. The molecule has 0 nitrogen and oxygen atoms in total. The highest BCUT2D eigenvalue weighted by Gasteiger charge is 2.05. The van der Waals surface area contributed by atoms with Crippen molar-refractivity contribution in [3.8, 4) is 0 Å². The zero-order chi connectivity index (χ0) is 13.9. The summed E-state index contributed by atoms with van der Waals surface area (Å²) in [4.78, 5) is 0. The van der Waals surface area contributed by atoms with Gasteiger partial charge in [-0.25, -0.2) is 0 Å². The van der Waals surface area contributed by atoms with E-state index in [9.17, 15) is 0 Å². The molecule has 1 aliphatic rings. The molecule has 0 amide bonds. The second-order valence-corrected chi connectivity index (χ2v) is 7.61. The highest BCUT2D eigenvalue weighted by atomic mass is 32.2. The lowest BCUT2D eigenvalue weighted by atomic mass is 10.1. The molecule has 0 N–H and O–H groups in total. The number of hydrogen-bond acceptors (Lipinski definition) is 2. The Bertz CT molecular complexity index is 517. The summed E-state index contributed by atoms with van der Waals surface area (Å²) in [7, 11) is 0. The van der Waals surface area contributed by atoms with Gasteiger partial charge in [-0.1, -0.05) is 47.5 Å². The highest BCUT2D eigenvalue weighted by molar-refractivity contribution is 7.98. The maximum atomic E-state index is 2.38. The molecular formula is C18H20S2. The first-order valence-corrected chi connectivity index (χ1v) is 9.34. The van der Waals surface area contributed by atoms with Crippen LogP contribution >= 0.6 is 23.5 Å². The molecule has 4 bridgehead atoms. The van der Waals surface area contributed by atoms with E-state index in [0.29, 0.717) is 0 Å². The molecule has 0 saturated carbocycles. The van der Waals surface area contributed by atoms with Gasteiger partial charge in [0.25, 0.3) is 0 Å². The Morgan fingerprint density at radius 1 is 0.550 bits per heavy atom. The van der Waals surface area contributed by atoms with Gasteiger partial charge in [0.1, 0.15) is 0 Å². The third kappa shape index (κ3) is 3.62. The zero-order valence-electron chi connectivity index (χ0n) is 12.1. The average molecular weight is 300 g/mol. The van der Waals surface area contributed by atoms with Crippen LogP contribution in [0.5, 0.6) is 0 Å². The third-order valence-electron chi connectivity index (χ3n) is 3.47. The molecule has 0 spiro atoms. The van der Waals surface area contributed by atoms with Crippen LogP contribution in [0.25, 0.3) is 0 Å². The summed E-state index contributed by atoms with van der Waals surface area (Å²) in [5.74, 6) is 4.45. The highest BCUT2D eigenvalue weighted by Crippen LogP contribution is 2.26. The predicted molar refractivity (Wildman–Crippen MR) is 92.4 cm³/mol. The molecule has 3 rings (SSSR count). The van der Waals surface area contributed by atoms with Crippen molar-refractivity contribution in [2.45, 2.75) is 36.9 Å². The van der Waals surface area contributed by atoms with Crippen molar-refractivity contribution in [2.24, 2.45) is 0 Å². The van der Waals surface area contributed by atoms with E-state index in [1.807, 2.05) is 23.5 Å². The molecule has 1 aliphatic heterocycles. The summed E-state index contributed by atoms with van der Waals surface area (Å²) in [6.07, 6.45) is 0. The quantitative estimate of drug-likeness (QED) is 0.631. The molecule has 1 heterocycles. The molecule has 104 valence electrons. The molecule has 2 aromatic carbocycles. The summed E-state index contributed by atoms with van der Waals surface area (Å²) in [5, 5.41) is 0. The Balaban J connectivity index is 1.88. The van der Waals surface area contributed by atoms with Gasteiger partial charge in [-0.05, 0) is 36.1 Å². The van der Waals surface area contributed by atoms with Crippen molar-refractivity contribution in [3.63, 3.8) is 0 Å².